The van der Waals surface area contributed by atoms with Gasteiger partial charge >= 0.3 is 0 Å². The Morgan fingerprint density at radius 1 is 1.00 bits per heavy atom. The molecule has 0 spiro atoms. The molecule has 0 fully saturated rings. The summed E-state index contributed by atoms with van der Waals surface area (Å²) >= 11 is 0. The Bertz CT molecular complexity index is 1910. The van der Waals surface area contributed by atoms with Gasteiger partial charge in [0.15, 0.2) is 0 Å². The summed E-state index contributed by atoms with van der Waals surface area (Å²) in [5, 5.41) is 41.7. The fourth-order valence-corrected chi connectivity index (χ4v) is 6.24. The van der Waals surface area contributed by atoms with Gasteiger partial charge < -0.3 is 30.1 Å². The van der Waals surface area contributed by atoms with E-state index in [1.54, 1.807) is 30.3 Å². The number of aromatic nitrogens is 4. The summed E-state index contributed by atoms with van der Waals surface area (Å²) in [6, 6.07) is 16.6. The van der Waals surface area contributed by atoms with Crippen LogP contribution in [0.5, 0.6) is 5.75 Å². The van der Waals surface area contributed by atoms with Crippen LogP contribution in [0.15, 0.2) is 82.7 Å². The lowest BCUT2D eigenvalue weighted by Crippen LogP contribution is -2.51. The largest absolute Gasteiger partial charge is 0.497 e. The Hall–Kier alpha value is -4.47. The van der Waals surface area contributed by atoms with E-state index in [0.29, 0.717) is 27.7 Å². The van der Waals surface area contributed by atoms with Crippen LogP contribution in [0.3, 0.4) is 0 Å². The molecule has 2 aromatic heterocycles. The van der Waals surface area contributed by atoms with Gasteiger partial charge in [-0.15, -0.1) is 5.10 Å². The Morgan fingerprint density at radius 3 is 2.41 bits per heavy atom. The molecule has 0 aliphatic heterocycles. The molecule has 5 rings (SSSR count). The van der Waals surface area contributed by atoms with Gasteiger partial charge in [-0.1, -0.05) is 17.3 Å². The Labute approximate surface area is 252 Å². The van der Waals surface area contributed by atoms with Gasteiger partial charge in [0.05, 0.1) is 41.4 Å². The Morgan fingerprint density at radius 2 is 1.73 bits per heavy atom. The Balaban J connectivity index is 1.63. The third-order valence-corrected chi connectivity index (χ3v) is 9.15. The van der Waals surface area contributed by atoms with Gasteiger partial charge in [0.25, 0.3) is 5.91 Å². The standard InChI is InChI=1S/C30H31N5O8S/c1-17(28(37)29(38)25(16-36)43-3)32-30(39)18-8-13-22-21(14-18)27(35-24-7-5-4-6-23(24)33-34-35)26(15-31-22)44(40,41)20-11-9-19(42-2)10-12-20/h4-15,17,25,28-29,36-38H,16H2,1-3H3,(H,32,39). The van der Waals surface area contributed by atoms with E-state index in [-0.39, 0.29) is 21.0 Å². The molecule has 0 saturated carbocycles. The molecule has 1 amide bonds. The summed E-state index contributed by atoms with van der Waals surface area (Å²) in [7, 11) is -1.41. The van der Waals surface area contributed by atoms with Gasteiger partial charge in [0.1, 0.15) is 34.5 Å². The summed E-state index contributed by atoms with van der Waals surface area (Å²) in [4.78, 5) is 17.6. The van der Waals surface area contributed by atoms with E-state index in [9.17, 15) is 28.5 Å². The third-order valence-electron chi connectivity index (χ3n) is 7.38. The van der Waals surface area contributed by atoms with Crippen LogP contribution in [0.4, 0.5) is 0 Å². The summed E-state index contributed by atoms with van der Waals surface area (Å²) in [5.41, 5.74) is 1.71. The average molecular weight is 622 g/mol. The number of ether oxygens (including phenoxy) is 2. The second-order valence-corrected chi connectivity index (χ2v) is 12.0. The highest BCUT2D eigenvalue weighted by atomic mass is 32.2. The van der Waals surface area contributed by atoms with Crippen LogP contribution in [0.25, 0.3) is 27.6 Å². The maximum atomic E-state index is 14.0. The number of pyridine rings is 1. The predicted molar refractivity (Wildman–Crippen MR) is 159 cm³/mol. The first kappa shape index (κ1) is 31.0. The fourth-order valence-electron chi connectivity index (χ4n) is 4.85. The SMILES string of the molecule is COc1ccc(S(=O)(=O)c2cnc3ccc(C(=O)NC(C)C(O)C(O)C(CO)OC)cc3c2-n2nnc3ccccc32)cc1. The van der Waals surface area contributed by atoms with E-state index < -0.39 is 46.7 Å². The molecule has 3 aromatic carbocycles. The second-order valence-electron chi connectivity index (χ2n) is 10.1. The lowest BCUT2D eigenvalue weighted by Gasteiger charge is -2.28. The quantitative estimate of drug-likeness (QED) is 0.168. The first-order valence-corrected chi connectivity index (χ1v) is 15.0. The van der Waals surface area contributed by atoms with Crippen LogP contribution in [0, 0.1) is 0 Å². The molecule has 44 heavy (non-hydrogen) atoms. The molecule has 0 radical (unpaired) electrons. The van der Waals surface area contributed by atoms with Crippen molar-refractivity contribution in [2.45, 2.75) is 41.1 Å². The molecular weight excluding hydrogens is 590 g/mol. The monoisotopic (exact) mass is 621 g/mol. The van der Waals surface area contributed by atoms with E-state index in [2.05, 4.69) is 20.6 Å². The highest BCUT2D eigenvalue weighted by Gasteiger charge is 2.31. The lowest BCUT2D eigenvalue weighted by molar-refractivity contribution is -0.0990. The number of carbonyl (C=O) groups excluding carboxylic acids is 1. The summed E-state index contributed by atoms with van der Waals surface area (Å²) in [6.07, 6.45) is -2.74. The van der Waals surface area contributed by atoms with Crippen molar-refractivity contribution in [1.82, 2.24) is 25.3 Å². The van der Waals surface area contributed by atoms with Crippen molar-refractivity contribution >= 4 is 37.7 Å². The van der Waals surface area contributed by atoms with E-state index >= 15 is 0 Å². The zero-order chi connectivity index (χ0) is 31.6. The molecule has 0 aliphatic rings. The molecule has 2 heterocycles. The highest BCUT2D eigenvalue weighted by Crippen LogP contribution is 2.34. The van der Waals surface area contributed by atoms with Crippen LogP contribution >= 0.6 is 0 Å². The average Bonchev–Trinajstić information content (AvgIpc) is 3.47. The van der Waals surface area contributed by atoms with E-state index in [1.165, 1.54) is 68.4 Å². The van der Waals surface area contributed by atoms with Crippen molar-refractivity contribution in [3.63, 3.8) is 0 Å². The molecular formula is C30H31N5O8S. The second kappa shape index (κ2) is 12.6. The van der Waals surface area contributed by atoms with E-state index in [0.717, 1.165) is 0 Å². The number of aliphatic hydroxyl groups is 3. The summed E-state index contributed by atoms with van der Waals surface area (Å²) in [5.74, 6) is -0.124. The number of rotatable bonds is 11. The summed E-state index contributed by atoms with van der Waals surface area (Å²) < 4.78 is 39.6. The maximum Gasteiger partial charge on any atom is 0.251 e. The van der Waals surface area contributed by atoms with E-state index in [4.69, 9.17) is 9.47 Å². The predicted octanol–water partition coefficient (Wildman–Crippen LogP) is 1.66. The summed E-state index contributed by atoms with van der Waals surface area (Å²) in [6.45, 7) is 0.958. The number of para-hydroxylation sites is 1. The number of benzene rings is 3. The minimum Gasteiger partial charge on any atom is -0.497 e. The van der Waals surface area contributed by atoms with E-state index in [1.807, 2.05) is 0 Å². The molecule has 0 bridgehead atoms. The minimum absolute atomic E-state index is 0.00219. The zero-order valence-electron chi connectivity index (χ0n) is 24.0. The van der Waals surface area contributed by atoms with Gasteiger partial charge in [-0.25, -0.2) is 13.1 Å². The number of fused-ring (bicyclic) bond motifs is 2. The number of aliphatic hydroxyl groups excluding tert-OH is 3. The topological polar surface area (TPSA) is 186 Å². The van der Waals surface area contributed by atoms with Crippen molar-refractivity contribution in [3.8, 4) is 11.4 Å². The lowest BCUT2D eigenvalue weighted by atomic mass is 10.0. The molecule has 13 nitrogen and oxygen atoms in total. The normalized spacial score (nSPS) is 14.7. The van der Waals surface area contributed by atoms with Crippen LogP contribution in [0.1, 0.15) is 17.3 Å². The molecule has 5 aromatic rings. The Kier molecular flexibility index (Phi) is 8.90. The van der Waals surface area contributed by atoms with Crippen molar-refractivity contribution in [2.24, 2.45) is 0 Å². The van der Waals surface area contributed by atoms with Gasteiger partial charge in [0.2, 0.25) is 9.84 Å². The molecule has 230 valence electrons. The number of sulfone groups is 1. The van der Waals surface area contributed by atoms with Crippen LogP contribution in [-0.4, -0.2) is 94.8 Å². The molecule has 0 saturated heterocycles. The first-order chi connectivity index (χ1) is 21.1. The number of amides is 1. The van der Waals surface area contributed by atoms with Gasteiger partial charge in [0, 0.05) is 24.3 Å². The number of hydrogen-bond acceptors (Lipinski definition) is 11. The van der Waals surface area contributed by atoms with Crippen LogP contribution < -0.4 is 10.1 Å². The number of nitrogens with one attached hydrogen (secondary N) is 1. The van der Waals surface area contributed by atoms with Crippen molar-refractivity contribution in [1.29, 1.82) is 0 Å². The smallest absolute Gasteiger partial charge is 0.251 e. The molecule has 4 N–H and O–H groups in total. The maximum absolute atomic E-state index is 14.0. The minimum atomic E-state index is -4.17. The highest BCUT2D eigenvalue weighted by molar-refractivity contribution is 7.91. The number of nitrogens with zero attached hydrogens (tertiary/aromatic N) is 4. The van der Waals surface area contributed by atoms with Gasteiger partial charge in [-0.05, 0) is 61.5 Å². The van der Waals surface area contributed by atoms with Crippen molar-refractivity contribution in [3.05, 3.63) is 78.5 Å². The van der Waals surface area contributed by atoms with Crippen LogP contribution in [0.2, 0.25) is 0 Å². The number of methoxy groups -OCH3 is 2. The molecule has 4 atom stereocenters. The third kappa shape index (κ3) is 5.73. The first-order valence-electron chi connectivity index (χ1n) is 13.5. The molecule has 4 unspecified atom stereocenters. The van der Waals surface area contributed by atoms with Gasteiger partial charge in [-0.2, -0.15) is 0 Å². The number of hydrogen-bond donors (Lipinski definition) is 4. The molecule has 0 aliphatic carbocycles. The zero-order valence-corrected chi connectivity index (χ0v) is 24.8. The van der Waals surface area contributed by atoms with Crippen LogP contribution in [-0.2, 0) is 14.6 Å². The molecule has 14 heteroatoms. The van der Waals surface area contributed by atoms with Crippen molar-refractivity contribution < 1.29 is 38.0 Å². The van der Waals surface area contributed by atoms with Gasteiger partial charge in [-0.3, -0.25) is 9.78 Å². The fraction of sp³-hybridized carbons (Fsp3) is 0.267. The number of carbonyl (C=O) groups is 1. The van der Waals surface area contributed by atoms with Crippen molar-refractivity contribution in [2.75, 3.05) is 20.8 Å².